The van der Waals surface area contributed by atoms with Crippen LogP contribution >= 0.6 is 11.8 Å². The minimum Gasteiger partial charge on any atom is -0.484 e. The highest BCUT2D eigenvalue weighted by atomic mass is 32.2. The van der Waals surface area contributed by atoms with Crippen LogP contribution in [-0.4, -0.2) is 53.6 Å². The molecule has 0 aliphatic heterocycles. The van der Waals surface area contributed by atoms with Gasteiger partial charge in [0, 0.05) is 6.04 Å². The maximum atomic E-state index is 12.6. The molecule has 1 aromatic carbocycles. The van der Waals surface area contributed by atoms with Crippen molar-refractivity contribution in [1.29, 1.82) is 0 Å². The second-order valence-electron chi connectivity index (χ2n) is 6.56. The Kier molecular flexibility index (Phi) is 8.44. The van der Waals surface area contributed by atoms with Crippen LogP contribution in [0.4, 0.5) is 0 Å². The van der Waals surface area contributed by atoms with Crippen molar-refractivity contribution in [2.45, 2.75) is 37.8 Å². The van der Waals surface area contributed by atoms with Crippen molar-refractivity contribution in [2.75, 3.05) is 18.6 Å². The molecule has 0 bridgehead atoms. The number of hydrogen-bond donors (Lipinski definition) is 3. The molecule has 2 rings (SSSR count). The van der Waals surface area contributed by atoms with Crippen molar-refractivity contribution in [1.82, 2.24) is 10.6 Å². The Hall–Kier alpha value is -2.22. The van der Waals surface area contributed by atoms with Crippen LogP contribution in [0, 0.1) is 5.92 Å². The lowest BCUT2D eigenvalue weighted by Gasteiger charge is -2.21. The van der Waals surface area contributed by atoms with Gasteiger partial charge < -0.3 is 20.5 Å². The number of amides is 2. The number of hydrogen-bond acceptors (Lipinski definition) is 5. The lowest BCUT2D eigenvalue weighted by Crippen LogP contribution is -2.50. The second-order valence-corrected chi connectivity index (χ2v) is 7.54. The third-order valence-electron chi connectivity index (χ3n) is 4.50. The van der Waals surface area contributed by atoms with E-state index in [0.29, 0.717) is 31.4 Å². The average Bonchev–Trinajstić information content (AvgIpc) is 3.13. The number of carboxylic acids is 1. The number of ether oxygens (including phenoxy) is 1. The number of carboxylic acid groups (broad SMARTS) is 1. The summed E-state index contributed by atoms with van der Waals surface area (Å²) in [4.78, 5) is 35.8. The average molecular weight is 394 g/mol. The summed E-state index contributed by atoms with van der Waals surface area (Å²) in [6, 6.07) is 8.17. The molecule has 1 aliphatic carbocycles. The lowest BCUT2D eigenvalue weighted by molar-refractivity contribution is -0.141. The molecule has 2 amide bonds. The minimum atomic E-state index is -0.822. The summed E-state index contributed by atoms with van der Waals surface area (Å²) in [5, 5.41) is 14.7. The van der Waals surface area contributed by atoms with E-state index in [4.69, 9.17) is 9.84 Å². The molecule has 0 saturated heterocycles. The highest BCUT2D eigenvalue weighted by Gasteiger charge is 2.32. The summed E-state index contributed by atoms with van der Waals surface area (Å²) in [6.45, 7) is -0.169. The van der Waals surface area contributed by atoms with Gasteiger partial charge in [-0.05, 0) is 49.8 Å². The highest BCUT2D eigenvalue weighted by Crippen LogP contribution is 2.25. The van der Waals surface area contributed by atoms with Crippen molar-refractivity contribution < 1.29 is 24.2 Å². The number of carbonyl (C=O) groups excluding carboxylic acids is 2. The Morgan fingerprint density at radius 3 is 2.63 bits per heavy atom. The zero-order valence-electron chi connectivity index (χ0n) is 15.3. The summed E-state index contributed by atoms with van der Waals surface area (Å²) in [6.07, 6.45) is 4.07. The quantitative estimate of drug-likeness (QED) is 0.558. The number of aliphatic carboxylic acids is 1. The van der Waals surface area contributed by atoms with Gasteiger partial charge >= 0.3 is 5.97 Å². The maximum absolute atomic E-state index is 12.6. The first-order valence-corrected chi connectivity index (χ1v) is 10.4. The van der Waals surface area contributed by atoms with Gasteiger partial charge in [-0.25, -0.2) is 0 Å². The Balaban J connectivity index is 1.84. The molecule has 0 heterocycles. The zero-order valence-corrected chi connectivity index (χ0v) is 16.2. The summed E-state index contributed by atoms with van der Waals surface area (Å²) < 4.78 is 5.41. The number of para-hydroxylation sites is 1. The first-order chi connectivity index (χ1) is 13.0. The van der Waals surface area contributed by atoms with Crippen molar-refractivity contribution in [3.05, 3.63) is 30.3 Å². The number of thioether (sulfide) groups is 1. The van der Waals surface area contributed by atoms with Crippen LogP contribution in [0.5, 0.6) is 5.75 Å². The molecular weight excluding hydrogens is 368 g/mol. The Bertz CT molecular complexity index is 640. The second kappa shape index (κ2) is 10.8. The van der Waals surface area contributed by atoms with Crippen molar-refractivity contribution in [2.24, 2.45) is 5.92 Å². The number of carbonyl (C=O) groups is 3. The van der Waals surface area contributed by atoms with E-state index in [1.807, 2.05) is 24.5 Å². The van der Waals surface area contributed by atoms with E-state index in [1.165, 1.54) is 0 Å². The first kappa shape index (κ1) is 21.1. The molecule has 0 radical (unpaired) electrons. The molecule has 148 valence electrons. The molecule has 8 heteroatoms. The van der Waals surface area contributed by atoms with Gasteiger partial charge in [0.05, 0.1) is 5.92 Å². The van der Waals surface area contributed by atoms with Crippen molar-refractivity contribution >= 4 is 29.5 Å². The van der Waals surface area contributed by atoms with Gasteiger partial charge in [0.15, 0.2) is 6.61 Å². The maximum Gasteiger partial charge on any atom is 0.306 e. The van der Waals surface area contributed by atoms with E-state index in [-0.39, 0.29) is 24.5 Å². The lowest BCUT2D eigenvalue weighted by atomic mass is 10.1. The summed E-state index contributed by atoms with van der Waals surface area (Å²) in [5.41, 5.74) is 0. The van der Waals surface area contributed by atoms with E-state index < -0.39 is 17.9 Å². The normalized spacial score (nSPS) is 19.9. The summed E-state index contributed by atoms with van der Waals surface area (Å²) in [5.74, 6) is -0.558. The van der Waals surface area contributed by atoms with Gasteiger partial charge in [-0.3, -0.25) is 14.4 Å². The van der Waals surface area contributed by atoms with Crippen LogP contribution in [0.3, 0.4) is 0 Å². The van der Waals surface area contributed by atoms with Crippen LogP contribution in [0.2, 0.25) is 0 Å². The topological polar surface area (TPSA) is 105 Å². The fraction of sp³-hybridized carbons (Fsp3) is 0.526. The highest BCUT2D eigenvalue weighted by molar-refractivity contribution is 7.98. The van der Waals surface area contributed by atoms with Crippen molar-refractivity contribution in [3.8, 4) is 5.75 Å². The van der Waals surface area contributed by atoms with E-state index in [2.05, 4.69) is 10.6 Å². The van der Waals surface area contributed by atoms with Gasteiger partial charge in [-0.15, -0.1) is 0 Å². The standard InChI is InChI=1S/C19H26N2O5S/c1-27-10-9-16(18(23)20-14-8-7-13(11-14)19(24)25)21-17(22)12-26-15-5-3-2-4-6-15/h2-6,13-14,16H,7-12H2,1H3,(H,20,23)(H,21,22)(H,24,25)/t13-,14+,16?/m0/s1. The molecule has 3 N–H and O–H groups in total. The first-order valence-electron chi connectivity index (χ1n) is 8.99. The van der Waals surface area contributed by atoms with Crippen molar-refractivity contribution in [3.63, 3.8) is 0 Å². The summed E-state index contributed by atoms with van der Waals surface area (Å²) >= 11 is 1.59. The SMILES string of the molecule is CSCCC(NC(=O)COc1ccccc1)C(=O)N[C@@H]1CC[C@H](C(=O)O)C1. The van der Waals surface area contributed by atoms with Crippen LogP contribution in [-0.2, 0) is 14.4 Å². The van der Waals surface area contributed by atoms with Gasteiger partial charge in [0.2, 0.25) is 5.91 Å². The largest absolute Gasteiger partial charge is 0.484 e. The summed E-state index contributed by atoms with van der Waals surface area (Å²) in [7, 11) is 0. The predicted octanol–water partition coefficient (Wildman–Crippen LogP) is 1.67. The van der Waals surface area contributed by atoms with Crippen LogP contribution in [0.15, 0.2) is 30.3 Å². The molecule has 3 atom stereocenters. The fourth-order valence-corrected chi connectivity index (χ4v) is 3.52. The Morgan fingerprint density at radius 1 is 1.26 bits per heavy atom. The monoisotopic (exact) mass is 394 g/mol. The molecule has 0 aromatic heterocycles. The van der Waals surface area contributed by atoms with Crippen LogP contribution in [0.25, 0.3) is 0 Å². The molecule has 1 unspecified atom stereocenters. The van der Waals surface area contributed by atoms with Crippen LogP contribution < -0.4 is 15.4 Å². The predicted molar refractivity (Wildman–Crippen MR) is 104 cm³/mol. The molecule has 1 saturated carbocycles. The molecular formula is C19H26N2O5S. The van der Waals surface area contributed by atoms with Gasteiger partial charge in [-0.1, -0.05) is 18.2 Å². The molecule has 7 nitrogen and oxygen atoms in total. The van der Waals surface area contributed by atoms with Crippen LogP contribution in [0.1, 0.15) is 25.7 Å². The zero-order chi connectivity index (χ0) is 19.6. The number of nitrogens with one attached hydrogen (secondary N) is 2. The minimum absolute atomic E-state index is 0.159. The third-order valence-corrected chi connectivity index (χ3v) is 5.15. The van der Waals surface area contributed by atoms with Gasteiger partial charge in [0.1, 0.15) is 11.8 Å². The Morgan fingerprint density at radius 2 is 2.00 bits per heavy atom. The fourth-order valence-electron chi connectivity index (χ4n) is 3.04. The van der Waals surface area contributed by atoms with Gasteiger partial charge in [-0.2, -0.15) is 11.8 Å². The molecule has 0 spiro atoms. The third kappa shape index (κ3) is 7.13. The number of rotatable bonds is 10. The Labute approximate surface area is 163 Å². The van der Waals surface area contributed by atoms with E-state index >= 15 is 0 Å². The smallest absolute Gasteiger partial charge is 0.306 e. The van der Waals surface area contributed by atoms with E-state index in [9.17, 15) is 14.4 Å². The molecule has 1 aliphatic rings. The molecule has 27 heavy (non-hydrogen) atoms. The van der Waals surface area contributed by atoms with Gasteiger partial charge in [0.25, 0.3) is 5.91 Å². The number of benzene rings is 1. The molecule has 1 aromatic rings. The molecule has 1 fully saturated rings. The van der Waals surface area contributed by atoms with E-state index in [0.717, 1.165) is 5.75 Å². The van der Waals surface area contributed by atoms with E-state index in [1.54, 1.807) is 23.9 Å².